The van der Waals surface area contributed by atoms with Crippen LogP contribution in [0.25, 0.3) is 16.6 Å². The van der Waals surface area contributed by atoms with E-state index < -0.39 is 6.04 Å². The number of nitrogens with one attached hydrogen (secondary N) is 1. The molecule has 0 saturated heterocycles. The first-order chi connectivity index (χ1) is 16.8. The standard InChI is InChI=1S/C27H31N5O3/c1-6-23(26(33)28-16-20-12-14-22(15-13-20)35-17(2)3)32-27(34)24-19(5)31(21-10-8-7-9-11-21)30-25(24)18(4)29-32/h7-15,17,23H,6,16H2,1-5H3,(H,28,33)/t23-/m0/s1. The zero-order valence-corrected chi connectivity index (χ0v) is 20.8. The molecule has 35 heavy (non-hydrogen) atoms. The highest BCUT2D eigenvalue weighted by Crippen LogP contribution is 2.21. The maximum absolute atomic E-state index is 13.5. The summed E-state index contributed by atoms with van der Waals surface area (Å²) in [5.74, 6) is 0.531. The first-order valence-electron chi connectivity index (χ1n) is 11.9. The van der Waals surface area contributed by atoms with E-state index in [4.69, 9.17) is 4.74 Å². The minimum absolute atomic E-state index is 0.0981. The van der Waals surface area contributed by atoms with Gasteiger partial charge in [0.25, 0.3) is 5.56 Å². The number of fused-ring (bicyclic) bond motifs is 1. The van der Waals surface area contributed by atoms with E-state index in [9.17, 15) is 9.59 Å². The number of amides is 1. The molecule has 1 atom stereocenters. The summed E-state index contributed by atoms with van der Waals surface area (Å²) >= 11 is 0. The summed E-state index contributed by atoms with van der Waals surface area (Å²) in [6.45, 7) is 9.84. The van der Waals surface area contributed by atoms with Gasteiger partial charge in [-0.05, 0) is 63.9 Å². The van der Waals surface area contributed by atoms with Crippen molar-refractivity contribution in [3.05, 3.63) is 81.9 Å². The van der Waals surface area contributed by atoms with Crippen LogP contribution in [-0.4, -0.2) is 31.6 Å². The van der Waals surface area contributed by atoms with E-state index in [0.717, 1.165) is 22.7 Å². The van der Waals surface area contributed by atoms with E-state index in [1.54, 1.807) is 4.68 Å². The molecule has 4 rings (SSSR count). The SMILES string of the molecule is CC[C@@H](C(=O)NCc1ccc(OC(C)C)cc1)n1nc(C)c2nn(-c3ccccc3)c(C)c2c1=O. The van der Waals surface area contributed by atoms with Gasteiger partial charge in [-0.3, -0.25) is 9.59 Å². The summed E-state index contributed by atoms with van der Waals surface area (Å²) in [4.78, 5) is 26.6. The number of nitrogens with zero attached hydrogens (tertiary/aromatic N) is 4. The molecular formula is C27H31N5O3. The molecule has 182 valence electrons. The summed E-state index contributed by atoms with van der Waals surface area (Å²) in [5.41, 5.74) is 3.35. The molecule has 2 aromatic carbocycles. The Balaban J connectivity index is 1.60. The highest BCUT2D eigenvalue weighted by atomic mass is 16.5. The second-order valence-electron chi connectivity index (χ2n) is 8.84. The van der Waals surface area contributed by atoms with Crippen LogP contribution < -0.4 is 15.6 Å². The van der Waals surface area contributed by atoms with Gasteiger partial charge in [0.2, 0.25) is 5.91 Å². The van der Waals surface area contributed by atoms with E-state index in [1.165, 1.54) is 4.68 Å². The molecule has 1 amide bonds. The topological polar surface area (TPSA) is 91.0 Å². The van der Waals surface area contributed by atoms with Crippen LogP contribution in [0, 0.1) is 13.8 Å². The highest BCUT2D eigenvalue weighted by Gasteiger charge is 2.25. The molecule has 4 aromatic rings. The summed E-state index contributed by atoms with van der Waals surface area (Å²) in [7, 11) is 0. The average Bonchev–Trinajstić information content (AvgIpc) is 3.20. The fourth-order valence-corrected chi connectivity index (χ4v) is 4.15. The second-order valence-corrected chi connectivity index (χ2v) is 8.84. The number of aryl methyl sites for hydroxylation is 2. The van der Waals surface area contributed by atoms with Crippen molar-refractivity contribution in [1.29, 1.82) is 0 Å². The Morgan fingerprint density at radius 2 is 1.71 bits per heavy atom. The number of ether oxygens (including phenoxy) is 1. The molecule has 0 bridgehead atoms. The van der Waals surface area contributed by atoms with Gasteiger partial charge in [0.15, 0.2) is 0 Å². The normalized spacial score (nSPS) is 12.2. The molecule has 1 N–H and O–H groups in total. The average molecular weight is 474 g/mol. The fraction of sp³-hybridized carbons (Fsp3) is 0.333. The van der Waals surface area contributed by atoms with Crippen LogP contribution >= 0.6 is 0 Å². The summed E-state index contributed by atoms with van der Waals surface area (Å²) in [6.07, 6.45) is 0.525. The van der Waals surface area contributed by atoms with Gasteiger partial charge in [0, 0.05) is 6.54 Å². The molecule has 2 aromatic heterocycles. The molecule has 0 spiro atoms. The lowest BCUT2D eigenvalue weighted by Gasteiger charge is -2.17. The van der Waals surface area contributed by atoms with Gasteiger partial charge >= 0.3 is 0 Å². The zero-order valence-electron chi connectivity index (χ0n) is 20.8. The van der Waals surface area contributed by atoms with E-state index in [1.807, 2.05) is 89.2 Å². The minimum Gasteiger partial charge on any atom is -0.491 e. The molecule has 2 heterocycles. The van der Waals surface area contributed by atoms with Crippen molar-refractivity contribution in [2.75, 3.05) is 0 Å². The first kappa shape index (κ1) is 24.2. The van der Waals surface area contributed by atoms with Crippen molar-refractivity contribution in [2.45, 2.75) is 59.7 Å². The summed E-state index contributed by atoms with van der Waals surface area (Å²) in [6, 6.07) is 16.5. The number of hydrogen-bond acceptors (Lipinski definition) is 5. The van der Waals surface area contributed by atoms with Gasteiger partial charge < -0.3 is 10.1 Å². The van der Waals surface area contributed by atoms with Crippen LogP contribution in [0.5, 0.6) is 5.75 Å². The molecule has 0 aliphatic heterocycles. The minimum atomic E-state index is -0.728. The Hall–Kier alpha value is -3.94. The smallest absolute Gasteiger partial charge is 0.278 e. The van der Waals surface area contributed by atoms with Crippen LogP contribution in [0.1, 0.15) is 50.2 Å². The summed E-state index contributed by atoms with van der Waals surface area (Å²) in [5, 5.41) is 12.6. The second kappa shape index (κ2) is 10.1. The highest BCUT2D eigenvalue weighted by molar-refractivity contribution is 5.84. The third-order valence-electron chi connectivity index (χ3n) is 5.89. The number of carbonyl (C=O) groups is 1. The Morgan fingerprint density at radius 1 is 1.03 bits per heavy atom. The van der Waals surface area contributed by atoms with Crippen molar-refractivity contribution in [1.82, 2.24) is 24.9 Å². The van der Waals surface area contributed by atoms with Crippen LogP contribution in [0.2, 0.25) is 0 Å². The Labute approximate surface area is 204 Å². The predicted molar refractivity (Wildman–Crippen MR) is 136 cm³/mol. The maximum Gasteiger partial charge on any atom is 0.278 e. The van der Waals surface area contributed by atoms with Gasteiger partial charge in [0.1, 0.15) is 17.3 Å². The molecule has 0 radical (unpaired) electrons. The molecule has 8 nitrogen and oxygen atoms in total. The monoisotopic (exact) mass is 473 g/mol. The number of para-hydroxylation sites is 1. The lowest BCUT2D eigenvalue weighted by atomic mass is 10.1. The summed E-state index contributed by atoms with van der Waals surface area (Å²) < 4.78 is 8.72. The van der Waals surface area contributed by atoms with Crippen molar-refractivity contribution in [3.63, 3.8) is 0 Å². The Morgan fingerprint density at radius 3 is 2.34 bits per heavy atom. The van der Waals surface area contributed by atoms with Crippen LogP contribution in [0.3, 0.4) is 0 Å². The number of carbonyl (C=O) groups excluding carboxylic acids is 1. The van der Waals surface area contributed by atoms with Crippen LogP contribution in [-0.2, 0) is 11.3 Å². The van der Waals surface area contributed by atoms with E-state index in [2.05, 4.69) is 15.5 Å². The van der Waals surface area contributed by atoms with Gasteiger partial charge in [-0.25, -0.2) is 9.36 Å². The molecule has 0 aliphatic rings. The third kappa shape index (κ3) is 4.96. The van der Waals surface area contributed by atoms with Gasteiger partial charge in [-0.1, -0.05) is 37.3 Å². The zero-order chi connectivity index (χ0) is 25.1. The van der Waals surface area contributed by atoms with Gasteiger partial charge in [-0.15, -0.1) is 0 Å². The largest absolute Gasteiger partial charge is 0.491 e. The maximum atomic E-state index is 13.5. The Kier molecular flexibility index (Phi) is 7.00. The first-order valence-corrected chi connectivity index (χ1v) is 11.9. The quantitative estimate of drug-likeness (QED) is 0.413. The fourth-order valence-electron chi connectivity index (χ4n) is 4.15. The van der Waals surface area contributed by atoms with Crippen molar-refractivity contribution < 1.29 is 9.53 Å². The van der Waals surface area contributed by atoms with E-state index in [0.29, 0.717) is 29.6 Å². The van der Waals surface area contributed by atoms with E-state index in [-0.39, 0.29) is 17.6 Å². The Bertz CT molecular complexity index is 1390. The number of hydrogen-bond donors (Lipinski definition) is 1. The molecule has 8 heteroatoms. The number of rotatable bonds is 8. The molecule has 0 aliphatic carbocycles. The number of aromatic nitrogens is 4. The van der Waals surface area contributed by atoms with Crippen molar-refractivity contribution in [3.8, 4) is 11.4 Å². The van der Waals surface area contributed by atoms with Crippen molar-refractivity contribution >= 4 is 16.8 Å². The van der Waals surface area contributed by atoms with Crippen LogP contribution in [0.4, 0.5) is 0 Å². The lowest BCUT2D eigenvalue weighted by molar-refractivity contribution is -0.125. The van der Waals surface area contributed by atoms with Gasteiger partial charge in [0.05, 0.1) is 28.6 Å². The van der Waals surface area contributed by atoms with Crippen LogP contribution in [0.15, 0.2) is 59.4 Å². The van der Waals surface area contributed by atoms with Crippen molar-refractivity contribution in [2.24, 2.45) is 0 Å². The lowest BCUT2D eigenvalue weighted by Crippen LogP contribution is -2.38. The number of benzene rings is 2. The van der Waals surface area contributed by atoms with E-state index >= 15 is 0 Å². The molecular weight excluding hydrogens is 442 g/mol. The third-order valence-corrected chi connectivity index (χ3v) is 5.89. The van der Waals surface area contributed by atoms with Gasteiger partial charge in [-0.2, -0.15) is 10.2 Å². The predicted octanol–water partition coefficient (Wildman–Crippen LogP) is 4.25. The molecule has 0 unspecified atom stereocenters. The molecule has 0 saturated carbocycles. The molecule has 0 fully saturated rings.